The fourth-order valence-electron chi connectivity index (χ4n) is 1.55. The third-order valence-corrected chi connectivity index (χ3v) is 3.26. The lowest BCUT2D eigenvalue weighted by Gasteiger charge is -2.34. The van der Waals surface area contributed by atoms with E-state index in [1.165, 1.54) is 0 Å². The minimum Gasteiger partial charge on any atom is -0.459 e. The van der Waals surface area contributed by atoms with Crippen LogP contribution in [0.3, 0.4) is 0 Å². The maximum absolute atomic E-state index is 12.0. The highest BCUT2D eigenvalue weighted by Crippen LogP contribution is 2.19. The molecule has 0 spiro atoms. The van der Waals surface area contributed by atoms with Crippen LogP contribution in [-0.4, -0.2) is 33.5 Å². The summed E-state index contributed by atoms with van der Waals surface area (Å²) in [4.78, 5) is 18.3. The molecule has 1 aromatic heterocycles. The van der Waals surface area contributed by atoms with E-state index in [0.717, 1.165) is 5.01 Å². The van der Waals surface area contributed by atoms with Crippen LogP contribution in [0.25, 0.3) is 0 Å². The zero-order valence-corrected chi connectivity index (χ0v) is 13.5. The van der Waals surface area contributed by atoms with Gasteiger partial charge in [0.25, 0.3) is 0 Å². The van der Waals surface area contributed by atoms with Crippen molar-refractivity contribution >= 4 is 17.3 Å². The average Bonchev–Trinajstić information content (AvgIpc) is 2.64. The number of nitrogens with zero attached hydrogens (tertiary/aromatic N) is 2. The van der Waals surface area contributed by atoms with Crippen LogP contribution >= 0.6 is 11.3 Å². The fourth-order valence-corrected chi connectivity index (χ4v) is 2.19. The first-order valence-corrected chi connectivity index (χ1v) is 7.31. The Morgan fingerprint density at radius 2 is 1.95 bits per heavy atom. The first-order chi connectivity index (χ1) is 8.58. The Labute approximate surface area is 119 Å². The summed E-state index contributed by atoms with van der Waals surface area (Å²) in [5.74, 6) is -0.195. The maximum atomic E-state index is 12.0. The summed E-state index contributed by atoms with van der Waals surface area (Å²) in [7, 11) is 0. The normalized spacial score (nSPS) is 12.8. The third-order valence-electron chi connectivity index (χ3n) is 2.50. The Bertz CT molecular complexity index is 402. The number of carbonyl (C=O) groups is 1. The summed E-state index contributed by atoms with van der Waals surface area (Å²) >= 11 is 1.60. The van der Waals surface area contributed by atoms with E-state index in [2.05, 4.69) is 30.7 Å². The van der Waals surface area contributed by atoms with Crippen molar-refractivity contribution in [3.8, 4) is 0 Å². The van der Waals surface area contributed by atoms with E-state index in [-0.39, 0.29) is 18.1 Å². The quantitative estimate of drug-likeness (QED) is 0.797. The molecular formula is C14H24N2O2S. The molecule has 19 heavy (non-hydrogen) atoms. The predicted molar refractivity (Wildman–Crippen MR) is 78.1 cm³/mol. The summed E-state index contributed by atoms with van der Waals surface area (Å²) < 4.78 is 5.38. The standard InChI is InChI=1S/C14H24N2O2S/c1-13(2,3)16(9-11-15-7-8-19-11)10-12(17)18-14(4,5)6/h7-8H,9-10H2,1-6H3. The Balaban J connectivity index is 2.68. The van der Waals surface area contributed by atoms with Crippen LogP contribution in [0, 0.1) is 0 Å². The largest absolute Gasteiger partial charge is 0.459 e. The first-order valence-electron chi connectivity index (χ1n) is 6.43. The summed E-state index contributed by atoms with van der Waals surface area (Å²) in [5, 5.41) is 2.96. The highest BCUT2D eigenvalue weighted by atomic mass is 32.1. The summed E-state index contributed by atoms with van der Waals surface area (Å²) in [6, 6.07) is 0. The lowest BCUT2D eigenvalue weighted by molar-refractivity contribution is -0.157. The highest BCUT2D eigenvalue weighted by molar-refractivity contribution is 7.09. The van der Waals surface area contributed by atoms with Crippen LogP contribution in [0.15, 0.2) is 11.6 Å². The van der Waals surface area contributed by atoms with Crippen molar-refractivity contribution in [2.24, 2.45) is 0 Å². The molecule has 0 aliphatic heterocycles. The fraction of sp³-hybridized carbons (Fsp3) is 0.714. The van der Waals surface area contributed by atoms with Crippen molar-refractivity contribution in [3.05, 3.63) is 16.6 Å². The molecule has 4 nitrogen and oxygen atoms in total. The van der Waals surface area contributed by atoms with Gasteiger partial charge < -0.3 is 4.74 Å². The SMILES string of the molecule is CC(C)(C)OC(=O)CN(Cc1nccs1)C(C)(C)C. The van der Waals surface area contributed by atoms with Gasteiger partial charge in [-0.25, -0.2) is 4.98 Å². The first kappa shape index (κ1) is 16.1. The second-order valence-electron chi connectivity index (χ2n) is 6.54. The molecule has 0 atom stereocenters. The number of ether oxygens (including phenoxy) is 1. The smallest absolute Gasteiger partial charge is 0.320 e. The molecule has 1 aromatic rings. The molecule has 0 amide bonds. The number of thiazole rings is 1. The van der Waals surface area contributed by atoms with Gasteiger partial charge in [-0.1, -0.05) is 0 Å². The van der Waals surface area contributed by atoms with Crippen molar-refractivity contribution < 1.29 is 9.53 Å². The summed E-state index contributed by atoms with van der Waals surface area (Å²) in [6.07, 6.45) is 1.79. The van der Waals surface area contributed by atoms with E-state index in [9.17, 15) is 4.79 Å². The summed E-state index contributed by atoms with van der Waals surface area (Å²) in [5.41, 5.74) is -0.551. The van der Waals surface area contributed by atoms with Crippen molar-refractivity contribution in [3.63, 3.8) is 0 Å². The number of carbonyl (C=O) groups excluding carboxylic acids is 1. The van der Waals surface area contributed by atoms with Gasteiger partial charge in [-0.2, -0.15) is 0 Å². The molecule has 0 aromatic carbocycles. The zero-order valence-electron chi connectivity index (χ0n) is 12.7. The van der Waals surface area contributed by atoms with E-state index in [1.807, 2.05) is 26.2 Å². The average molecular weight is 284 g/mol. The molecule has 0 radical (unpaired) electrons. The van der Waals surface area contributed by atoms with Gasteiger partial charge in [0.1, 0.15) is 10.6 Å². The highest BCUT2D eigenvalue weighted by Gasteiger charge is 2.27. The Hall–Kier alpha value is -0.940. The van der Waals surface area contributed by atoms with Gasteiger partial charge in [0.2, 0.25) is 0 Å². The molecule has 0 aliphatic carbocycles. The van der Waals surface area contributed by atoms with E-state index in [1.54, 1.807) is 17.5 Å². The molecule has 1 rings (SSSR count). The number of aromatic nitrogens is 1. The number of hydrogen-bond donors (Lipinski definition) is 0. The van der Waals surface area contributed by atoms with Crippen molar-refractivity contribution in [1.29, 1.82) is 0 Å². The van der Waals surface area contributed by atoms with Crippen molar-refractivity contribution in [2.45, 2.75) is 59.2 Å². The molecule has 0 saturated heterocycles. The van der Waals surface area contributed by atoms with E-state index in [0.29, 0.717) is 6.54 Å². The maximum Gasteiger partial charge on any atom is 0.320 e. The second kappa shape index (κ2) is 6.01. The molecular weight excluding hydrogens is 260 g/mol. The van der Waals surface area contributed by atoms with Gasteiger partial charge in [0.15, 0.2) is 0 Å². The molecule has 5 heteroatoms. The van der Waals surface area contributed by atoms with Gasteiger partial charge in [0.05, 0.1) is 13.1 Å². The number of esters is 1. The molecule has 0 N–H and O–H groups in total. The Morgan fingerprint density at radius 1 is 1.32 bits per heavy atom. The molecule has 1 heterocycles. The van der Waals surface area contributed by atoms with Gasteiger partial charge >= 0.3 is 5.97 Å². The van der Waals surface area contributed by atoms with Gasteiger partial charge in [-0.15, -0.1) is 11.3 Å². The lowest BCUT2D eigenvalue weighted by atomic mass is 10.1. The number of rotatable bonds is 4. The minimum absolute atomic E-state index is 0.109. The molecule has 0 bridgehead atoms. The monoisotopic (exact) mass is 284 g/mol. The van der Waals surface area contributed by atoms with Crippen LogP contribution in [0.1, 0.15) is 46.6 Å². The summed E-state index contributed by atoms with van der Waals surface area (Å²) in [6.45, 7) is 12.9. The Morgan fingerprint density at radius 3 is 2.37 bits per heavy atom. The van der Waals surface area contributed by atoms with Crippen LogP contribution < -0.4 is 0 Å². The molecule has 0 saturated carbocycles. The van der Waals surface area contributed by atoms with Crippen LogP contribution in [0.4, 0.5) is 0 Å². The van der Waals surface area contributed by atoms with E-state index < -0.39 is 5.60 Å². The minimum atomic E-state index is -0.443. The molecule has 108 valence electrons. The second-order valence-corrected chi connectivity index (χ2v) is 7.52. The van der Waals surface area contributed by atoms with Gasteiger partial charge in [-0.05, 0) is 41.5 Å². The number of hydrogen-bond acceptors (Lipinski definition) is 5. The predicted octanol–water partition coefficient (Wildman–Crippen LogP) is 3.09. The Kier molecular flexibility index (Phi) is 5.10. The van der Waals surface area contributed by atoms with Crippen LogP contribution in [0.2, 0.25) is 0 Å². The zero-order chi connectivity index (χ0) is 14.7. The van der Waals surface area contributed by atoms with Gasteiger partial charge in [0, 0.05) is 17.1 Å². The van der Waals surface area contributed by atoms with Gasteiger partial charge in [-0.3, -0.25) is 9.69 Å². The van der Waals surface area contributed by atoms with Crippen LogP contribution in [-0.2, 0) is 16.1 Å². The molecule has 0 aliphatic rings. The topological polar surface area (TPSA) is 42.4 Å². The van der Waals surface area contributed by atoms with E-state index >= 15 is 0 Å². The molecule has 0 fully saturated rings. The molecule has 0 unspecified atom stereocenters. The van der Waals surface area contributed by atoms with Crippen molar-refractivity contribution in [2.75, 3.05) is 6.54 Å². The van der Waals surface area contributed by atoms with E-state index in [4.69, 9.17) is 4.74 Å². The third kappa shape index (κ3) is 6.16. The van der Waals surface area contributed by atoms with Crippen molar-refractivity contribution in [1.82, 2.24) is 9.88 Å². The van der Waals surface area contributed by atoms with Crippen LogP contribution in [0.5, 0.6) is 0 Å². The lowest BCUT2D eigenvalue weighted by Crippen LogP contribution is -2.45.